The molecule has 0 bridgehead atoms. The van der Waals surface area contributed by atoms with Crippen molar-refractivity contribution in [1.82, 2.24) is 20.3 Å². The summed E-state index contributed by atoms with van der Waals surface area (Å²) in [6.07, 6.45) is 0. The van der Waals surface area contributed by atoms with Gasteiger partial charge in [-0.1, -0.05) is 5.16 Å². The molecule has 0 atom stereocenters. The zero-order chi connectivity index (χ0) is 18.9. The van der Waals surface area contributed by atoms with E-state index in [1.165, 1.54) is 6.92 Å². The molecule has 0 saturated carbocycles. The molecule has 3 heterocycles. The van der Waals surface area contributed by atoms with Crippen molar-refractivity contribution in [2.45, 2.75) is 25.7 Å². The molecule has 10 nitrogen and oxygen atoms in total. The number of carbonyl (C=O) groups excluding carboxylic acids is 1. The molecule has 3 rings (SSSR count). The molecule has 1 saturated heterocycles. The van der Waals surface area contributed by atoms with Gasteiger partial charge in [0.1, 0.15) is 5.69 Å². The van der Waals surface area contributed by atoms with Crippen LogP contribution in [-0.4, -0.2) is 60.8 Å². The van der Waals surface area contributed by atoms with E-state index in [4.69, 9.17) is 4.52 Å². The van der Waals surface area contributed by atoms with E-state index in [0.717, 1.165) is 0 Å². The van der Waals surface area contributed by atoms with Crippen molar-refractivity contribution in [1.29, 1.82) is 0 Å². The monoisotopic (exact) mass is 380 g/mol. The van der Waals surface area contributed by atoms with Gasteiger partial charge < -0.3 is 14.3 Å². The second-order valence-electron chi connectivity index (χ2n) is 6.03. The number of aromatic nitrogens is 3. The van der Waals surface area contributed by atoms with E-state index in [-0.39, 0.29) is 28.1 Å². The second-order valence-corrected chi connectivity index (χ2v) is 7.65. The van der Waals surface area contributed by atoms with Crippen LogP contribution < -0.4 is 9.62 Å². The first-order chi connectivity index (χ1) is 12.3. The fourth-order valence-electron chi connectivity index (χ4n) is 2.85. The van der Waals surface area contributed by atoms with Crippen molar-refractivity contribution in [3.63, 3.8) is 0 Å². The molecule has 0 radical (unpaired) electrons. The summed E-state index contributed by atoms with van der Waals surface area (Å²) in [4.78, 5) is 15.1. The summed E-state index contributed by atoms with van der Waals surface area (Å²) in [6, 6.07) is 3.25. The summed E-state index contributed by atoms with van der Waals surface area (Å²) in [7, 11) is -3.85. The average Bonchev–Trinajstić information content (AvgIpc) is 2.95. The number of sulfonamides is 1. The van der Waals surface area contributed by atoms with Gasteiger partial charge in [-0.15, -0.1) is 10.2 Å². The maximum absolute atomic E-state index is 12.5. The molecule has 0 aliphatic carbocycles. The number of piperazine rings is 1. The number of nitrogens with one attached hydrogen (secondary N) is 1. The van der Waals surface area contributed by atoms with Crippen LogP contribution in [0, 0.1) is 13.8 Å². The van der Waals surface area contributed by atoms with Gasteiger partial charge in [-0.2, -0.15) is 0 Å². The lowest BCUT2D eigenvalue weighted by molar-refractivity contribution is -0.129. The van der Waals surface area contributed by atoms with Crippen molar-refractivity contribution in [2.24, 2.45) is 0 Å². The van der Waals surface area contributed by atoms with Crippen LogP contribution in [0.2, 0.25) is 0 Å². The summed E-state index contributed by atoms with van der Waals surface area (Å²) in [5.41, 5.74) is 0.280. The third-order valence-electron chi connectivity index (χ3n) is 4.17. The number of nitrogens with zero attached hydrogens (tertiary/aromatic N) is 5. The Morgan fingerprint density at radius 2 is 1.85 bits per heavy atom. The van der Waals surface area contributed by atoms with E-state index in [0.29, 0.717) is 32.0 Å². The molecule has 0 unspecified atom stereocenters. The van der Waals surface area contributed by atoms with Crippen molar-refractivity contribution < 1.29 is 17.7 Å². The highest BCUT2D eigenvalue weighted by atomic mass is 32.2. The van der Waals surface area contributed by atoms with Crippen molar-refractivity contribution in [3.05, 3.63) is 23.6 Å². The van der Waals surface area contributed by atoms with E-state index >= 15 is 0 Å². The van der Waals surface area contributed by atoms with Crippen LogP contribution >= 0.6 is 0 Å². The number of aryl methyl sites for hydroxylation is 2. The van der Waals surface area contributed by atoms with Gasteiger partial charge in [-0.25, -0.2) is 8.42 Å². The molecule has 0 spiro atoms. The molecule has 26 heavy (non-hydrogen) atoms. The lowest BCUT2D eigenvalue weighted by Gasteiger charge is -2.34. The number of anilines is 2. The SMILES string of the molecule is CC(=O)N1CCN(c2ccc(NS(=O)(=O)c3c(C)noc3C)nn2)CC1. The highest BCUT2D eigenvalue weighted by Gasteiger charge is 2.25. The van der Waals surface area contributed by atoms with E-state index in [1.54, 1.807) is 30.9 Å². The van der Waals surface area contributed by atoms with Crippen LogP contribution in [0.15, 0.2) is 21.6 Å². The molecule has 1 amide bonds. The smallest absolute Gasteiger partial charge is 0.268 e. The van der Waals surface area contributed by atoms with E-state index < -0.39 is 10.0 Å². The van der Waals surface area contributed by atoms with Crippen LogP contribution in [0.1, 0.15) is 18.4 Å². The standard InChI is InChI=1S/C15H20N6O4S/c1-10-15(11(2)25-18-10)26(23,24)19-13-4-5-14(17-16-13)21-8-6-20(7-9-21)12(3)22/h4-5H,6-9H2,1-3H3,(H,16,19). The van der Waals surface area contributed by atoms with Gasteiger partial charge in [0.05, 0.1) is 0 Å². The molecular formula is C15H20N6O4S. The Hall–Kier alpha value is -2.69. The third kappa shape index (κ3) is 3.62. The molecule has 1 aliphatic rings. The minimum absolute atomic E-state index is 0.00345. The highest BCUT2D eigenvalue weighted by Crippen LogP contribution is 2.22. The first kappa shape index (κ1) is 18.1. The largest absolute Gasteiger partial charge is 0.360 e. The Morgan fingerprint density at radius 3 is 2.35 bits per heavy atom. The summed E-state index contributed by atoms with van der Waals surface area (Å²) >= 11 is 0. The number of amides is 1. The molecule has 11 heteroatoms. The molecule has 1 aliphatic heterocycles. The number of carbonyl (C=O) groups is 1. The quantitative estimate of drug-likeness (QED) is 0.816. The van der Waals surface area contributed by atoms with Crippen molar-refractivity contribution in [2.75, 3.05) is 35.8 Å². The minimum Gasteiger partial charge on any atom is -0.360 e. The Balaban J connectivity index is 1.70. The minimum atomic E-state index is -3.85. The maximum atomic E-state index is 12.5. The number of rotatable bonds is 4. The first-order valence-electron chi connectivity index (χ1n) is 8.08. The van der Waals surface area contributed by atoms with E-state index in [9.17, 15) is 13.2 Å². The van der Waals surface area contributed by atoms with Gasteiger partial charge >= 0.3 is 0 Å². The molecule has 1 fully saturated rings. The Morgan fingerprint density at radius 1 is 1.15 bits per heavy atom. The first-order valence-corrected chi connectivity index (χ1v) is 9.56. The zero-order valence-electron chi connectivity index (χ0n) is 14.8. The molecule has 2 aromatic heterocycles. The topological polar surface area (TPSA) is 122 Å². The Labute approximate surface area is 151 Å². The summed E-state index contributed by atoms with van der Waals surface area (Å²) in [5, 5.41) is 11.7. The van der Waals surface area contributed by atoms with Crippen LogP contribution in [0.4, 0.5) is 11.6 Å². The van der Waals surface area contributed by atoms with Crippen molar-refractivity contribution >= 4 is 27.6 Å². The lowest BCUT2D eigenvalue weighted by Crippen LogP contribution is -2.48. The zero-order valence-corrected chi connectivity index (χ0v) is 15.6. The Bertz CT molecular complexity index is 881. The molecule has 2 aromatic rings. The van der Waals surface area contributed by atoms with Gasteiger partial charge in [-0.3, -0.25) is 9.52 Å². The van der Waals surface area contributed by atoms with Gasteiger partial charge in [-0.05, 0) is 26.0 Å². The van der Waals surface area contributed by atoms with Gasteiger partial charge in [0.25, 0.3) is 10.0 Å². The van der Waals surface area contributed by atoms with Crippen LogP contribution in [0.3, 0.4) is 0 Å². The highest BCUT2D eigenvalue weighted by molar-refractivity contribution is 7.92. The van der Waals surface area contributed by atoms with E-state index in [1.807, 2.05) is 4.90 Å². The third-order valence-corrected chi connectivity index (χ3v) is 5.77. The Kier molecular flexibility index (Phi) is 4.81. The van der Waals surface area contributed by atoms with Gasteiger partial charge in [0.2, 0.25) is 5.91 Å². The van der Waals surface area contributed by atoms with Crippen molar-refractivity contribution in [3.8, 4) is 0 Å². The van der Waals surface area contributed by atoms with Gasteiger partial charge in [0, 0.05) is 33.1 Å². The average molecular weight is 380 g/mol. The van der Waals surface area contributed by atoms with E-state index in [2.05, 4.69) is 20.1 Å². The number of hydrogen-bond donors (Lipinski definition) is 1. The van der Waals surface area contributed by atoms with Gasteiger partial charge in [0.15, 0.2) is 22.3 Å². The van der Waals surface area contributed by atoms with Crippen LogP contribution in [0.5, 0.6) is 0 Å². The fraction of sp³-hybridized carbons (Fsp3) is 0.467. The van der Waals surface area contributed by atoms with Crippen LogP contribution in [0.25, 0.3) is 0 Å². The fourth-order valence-corrected chi connectivity index (χ4v) is 4.17. The normalized spacial score (nSPS) is 15.2. The summed E-state index contributed by atoms with van der Waals surface area (Å²) in [5.74, 6) is 1.01. The maximum Gasteiger partial charge on any atom is 0.268 e. The predicted octanol–water partition coefficient (Wildman–Crippen LogP) is 0.551. The molecular weight excluding hydrogens is 360 g/mol. The number of hydrogen-bond acceptors (Lipinski definition) is 8. The second kappa shape index (κ2) is 6.90. The molecule has 1 N–H and O–H groups in total. The predicted molar refractivity (Wildman–Crippen MR) is 93.3 cm³/mol. The van der Waals surface area contributed by atoms with Crippen LogP contribution in [-0.2, 0) is 14.8 Å². The summed E-state index contributed by atoms with van der Waals surface area (Å²) < 4.78 is 32.2. The summed E-state index contributed by atoms with van der Waals surface area (Å²) in [6.45, 7) is 7.19. The lowest BCUT2D eigenvalue weighted by atomic mass is 10.3. The molecule has 140 valence electrons. The molecule has 0 aromatic carbocycles.